The molecule has 0 saturated heterocycles. The molecule has 1 heterocycles. The number of hydrogen-bond acceptors (Lipinski definition) is 3. The number of benzene rings is 1. The summed E-state index contributed by atoms with van der Waals surface area (Å²) in [6.07, 6.45) is 4.59. The zero-order valence-electron chi connectivity index (χ0n) is 10.8. The highest BCUT2D eigenvalue weighted by atomic mass is 16.4. The molecular formula is C15H15NO3. The number of carbonyl (C=O) groups is 1. The number of aromatic nitrogens is 1. The SMILES string of the molecule is Cc1nc(-c2ccc3c(c2)CCCC3)c(C(=O)O)o1. The molecule has 0 bridgehead atoms. The normalized spacial score (nSPS) is 14.2. The predicted octanol–water partition coefficient (Wildman–Crippen LogP) is 3.23. The van der Waals surface area contributed by atoms with Crippen LogP contribution in [0.3, 0.4) is 0 Å². The van der Waals surface area contributed by atoms with Crippen molar-refractivity contribution in [1.29, 1.82) is 0 Å². The fourth-order valence-corrected chi connectivity index (χ4v) is 2.65. The van der Waals surface area contributed by atoms with Crippen LogP contribution in [0, 0.1) is 6.92 Å². The van der Waals surface area contributed by atoms with Crippen molar-refractivity contribution in [2.45, 2.75) is 32.6 Å². The van der Waals surface area contributed by atoms with Crippen LogP contribution in [-0.4, -0.2) is 16.1 Å². The van der Waals surface area contributed by atoms with Crippen LogP contribution in [0.1, 0.15) is 40.4 Å². The van der Waals surface area contributed by atoms with E-state index in [4.69, 9.17) is 9.52 Å². The van der Waals surface area contributed by atoms with Gasteiger partial charge < -0.3 is 9.52 Å². The Morgan fingerprint density at radius 3 is 2.74 bits per heavy atom. The summed E-state index contributed by atoms with van der Waals surface area (Å²) < 4.78 is 5.16. The number of aromatic carboxylic acids is 1. The molecule has 19 heavy (non-hydrogen) atoms. The summed E-state index contributed by atoms with van der Waals surface area (Å²) >= 11 is 0. The molecule has 0 saturated carbocycles. The molecule has 0 aliphatic heterocycles. The van der Waals surface area contributed by atoms with Crippen LogP contribution in [0.5, 0.6) is 0 Å². The first-order valence-corrected chi connectivity index (χ1v) is 6.48. The molecule has 0 unspecified atom stereocenters. The number of hydrogen-bond donors (Lipinski definition) is 1. The first-order valence-electron chi connectivity index (χ1n) is 6.48. The molecule has 3 rings (SSSR count). The van der Waals surface area contributed by atoms with Gasteiger partial charge in [-0.2, -0.15) is 0 Å². The second kappa shape index (κ2) is 4.53. The van der Waals surface area contributed by atoms with Crippen molar-refractivity contribution in [3.05, 3.63) is 41.0 Å². The molecular weight excluding hydrogens is 242 g/mol. The molecule has 0 spiro atoms. The molecule has 4 heteroatoms. The summed E-state index contributed by atoms with van der Waals surface area (Å²) in [5.74, 6) is -0.772. The number of oxazole rings is 1. The number of carboxylic acid groups (broad SMARTS) is 1. The zero-order valence-corrected chi connectivity index (χ0v) is 10.8. The minimum Gasteiger partial charge on any atom is -0.475 e. The van der Waals surface area contributed by atoms with E-state index in [1.54, 1.807) is 6.92 Å². The smallest absolute Gasteiger partial charge is 0.374 e. The van der Waals surface area contributed by atoms with Crippen molar-refractivity contribution in [2.75, 3.05) is 0 Å². The van der Waals surface area contributed by atoms with Crippen LogP contribution in [-0.2, 0) is 12.8 Å². The third-order valence-electron chi connectivity index (χ3n) is 3.55. The number of rotatable bonds is 2. The highest BCUT2D eigenvalue weighted by Gasteiger charge is 2.20. The van der Waals surface area contributed by atoms with E-state index in [1.807, 2.05) is 6.07 Å². The Hall–Kier alpha value is -2.10. The van der Waals surface area contributed by atoms with Gasteiger partial charge in [-0.25, -0.2) is 9.78 Å². The third-order valence-corrected chi connectivity index (χ3v) is 3.55. The minimum atomic E-state index is -1.08. The van der Waals surface area contributed by atoms with Crippen LogP contribution >= 0.6 is 0 Å². The quantitative estimate of drug-likeness (QED) is 0.897. The van der Waals surface area contributed by atoms with Gasteiger partial charge in [-0.3, -0.25) is 0 Å². The lowest BCUT2D eigenvalue weighted by atomic mass is 9.90. The minimum absolute atomic E-state index is 0.0757. The standard InChI is InChI=1S/C15H15NO3/c1-9-16-13(14(19-9)15(17)18)12-7-6-10-4-2-3-5-11(10)8-12/h6-8H,2-5H2,1H3,(H,17,18). The average molecular weight is 257 g/mol. The molecule has 1 aliphatic carbocycles. The highest BCUT2D eigenvalue weighted by molar-refractivity contribution is 5.91. The second-order valence-electron chi connectivity index (χ2n) is 4.91. The summed E-state index contributed by atoms with van der Waals surface area (Å²) in [4.78, 5) is 15.4. The molecule has 4 nitrogen and oxygen atoms in total. The van der Waals surface area contributed by atoms with E-state index < -0.39 is 5.97 Å². The van der Waals surface area contributed by atoms with E-state index in [2.05, 4.69) is 17.1 Å². The van der Waals surface area contributed by atoms with E-state index in [9.17, 15) is 4.79 Å². The summed E-state index contributed by atoms with van der Waals surface area (Å²) in [5, 5.41) is 9.14. The number of carboxylic acids is 1. The molecule has 0 amide bonds. The van der Waals surface area contributed by atoms with Crippen molar-refractivity contribution < 1.29 is 14.3 Å². The topological polar surface area (TPSA) is 63.3 Å². The lowest BCUT2D eigenvalue weighted by molar-refractivity contribution is 0.0662. The zero-order chi connectivity index (χ0) is 13.4. The fourth-order valence-electron chi connectivity index (χ4n) is 2.65. The number of fused-ring (bicyclic) bond motifs is 1. The van der Waals surface area contributed by atoms with Gasteiger partial charge in [0.15, 0.2) is 5.89 Å². The van der Waals surface area contributed by atoms with E-state index >= 15 is 0 Å². The first-order chi connectivity index (χ1) is 9.15. The third kappa shape index (κ3) is 2.14. The lowest BCUT2D eigenvalue weighted by Crippen LogP contribution is -2.03. The molecule has 1 aromatic heterocycles. The molecule has 0 atom stereocenters. The van der Waals surface area contributed by atoms with E-state index in [0.29, 0.717) is 11.6 Å². The monoisotopic (exact) mass is 257 g/mol. The number of aryl methyl sites for hydroxylation is 3. The molecule has 1 N–H and O–H groups in total. The lowest BCUT2D eigenvalue weighted by Gasteiger charge is -2.16. The Kier molecular flexibility index (Phi) is 2.85. The van der Waals surface area contributed by atoms with Crippen molar-refractivity contribution in [1.82, 2.24) is 4.98 Å². The summed E-state index contributed by atoms with van der Waals surface area (Å²) in [7, 11) is 0. The molecule has 1 aromatic carbocycles. The molecule has 0 fully saturated rings. The van der Waals surface area contributed by atoms with Gasteiger partial charge in [-0.15, -0.1) is 0 Å². The largest absolute Gasteiger partial charge is 0.475 e. The van der Waals surface area contributed by atoms with Gasteiger partial charge in [0, 0.05) is 12.5 Å². The van der Waals surface area contributed by atoms with Crippen LogP contribution in [0.15, 0.2) is 22.6 Å². The fraction of sp³-hybridized carbons (Fsp3) is 0.333. The van der Waals surface area contributed by atoms with Crippen LogP contribution in [0.25, 0.3) is 11.3 Å². The maximum Gasteiger partial charge on any atom is 0.374 e. The van der Waals surface area contributed by atoms with E-state index in [-0.39, 0.29) is 5.76 Å². The molecule has 2 aromatic rings. The Labute approximate surface area is 111 Å². The molecule has 0 radical (unpaired) electrons. The van der Waals surface area contributed by atoms with Gasteiger partial charge in [0.05, 0.1) is 0 Å². The number of nitrogens with zero attached hydrogens (tertiary/aromatic N) is 1. The Bertz CT molecular complexity index is 643. The Morgan fingerprint density at radius 2 is 2.00 bits per heavy atom. The Morgan fingerprint density at radius 1 is 1.26 bits per heavy atom. The van der Waals surface area contributed by atoms with Crippen molar-refractivity contribution in [3.8, 4) is 11.3 Å². The first kappa shape index (κ1) is 12.0. The summed E-state index contributed by atoms with van der Waals surface area (Å²) in [5.41, 5.74) is 3.93. The van der Waals surface area contributed by atoms with Crippen LogP contribution in [0.4, 0.5) is 0 Å². The molecule has 98 valence electrons. The highest BCUT2D eigenvalue weighted by Crippen LogP contribution is 2.29. The van der Waals surface area contributed by atoms with Gasteiger partial charge >= 0.3 is 5.97 Å². The predicted molar refractivity (Wildman–Crippen MR) is 70.3 cm³/mol. The van der Waals surface area contributed by atoms with Crippen molar-refractivity contribution in [3.63, 3.8) is 0 Å². The van der Waals surface area contributed by atoms with Gasteiger partial charge in [0.1, 0.15) is 5.69 Å². The van der Waals surface area contributed by atoms with Gasteiger partial charge in [-0.1, -0.05) is 12.1 Å². The summed E-state index contributed by atoms with van der Waals surface area (Å²) in [6.45, 7) is 1.66. The van der Waals surface area contributed by atoms with E-state index in [0.717, 1.165) is 18.4 Å². The van der Waals surface area contributed by atoms with Crippen LogP contribution in [0.2, 0.25) is 0 Å². The maximum absolute atomic E-state index is 11.2. The molecule has 1 aliphatic rings. The second-order valence-corrected chi connectivity index (χ2v) is 4.91. The van der Waals surface area contributed by atoms with Gasteiger partial charge in [0.25, 0.3) is 0 Å². The van der Waals surface area contributed by atoms with Crippen molar-refractivity contribution in [2.24, 2.45) is 0 Å². The summed E-state index contributed by atoms with van der Waals surface area (Å²) in [6, 6.07) is 6.07. The van der Waals surface area contributed by atoms with Gasteiger partial charge in [-0.05, 0) is 42.9 Å². The average Bonchev–Trinajstić information content (AvgIpc) is 2.80. The van der Waals surface area contributed by atoms with Crippen molar-refractivity contribution >= 4 is 5.97 Å². The maximum atomic E-state index is 11.2. The Balaban J connectivity index is 2.09. The van der Waals surface area contributed by atoms with E-state index in [1.165, 1.54) is 24.0 Å². The van der Waals surface area contributed by atoms with Gasteiger partial charge in [0.2, 0.25) is 5.76 Å². The van der Waals surface area contributed by atoms with Crippen LogP contribution < -0.4 is 0 Å².